The monoisotopic (exact) mass is 477 g/mol. The lowest BCUT2D eigenvalue weighted by atomic mass is 9.60. The van der Waals surface area contributed by atoms with E-state index >= 15 is 0 Å². The molecular weight excluding hydrogens is 434 g/mol. The number of amides is 1. The fourth-order valence-electron chi connectivity index (χ4n) is 6.38. The lowest BCUT2D eigenvalue weighted by Gasteiger charge is -2.46. The van der Waals surface area contributed by atoms with E-state index in [0.717, 1.165) is 18.8 Å². The average Bonchev–Trinajstić information content (AvgIpc) is 2.76. The molecule has 1 aliphatic heterocycles. The molecule has 2 fully saturated rings. The average molecular weight is 478 g/mol. The van der Waals surface area contributed by atoms with Crippen molar-refractivity contribution in [3.05, 3.63) is 48.2 Å². The molecule has 1 amide bonds. The molecule has 4 rings (SSSR count). The number of piperazine rings is 1. The summed E-state index contributed by atoms with van der Waals surface area (Å²) in [5.41, 5.74) is 5.08. The van der Waals surface area contributed by atoms with Gasteiger partial charge < -0.3 is 14.5 Å². The summed E-state index contributed by atoms with van der Waals surface area (Å²) in [5, 5.41) is 0. The van der Waals surface area contributed by atoms with Gasteiger partial charge in [0.05, 0.1) is 5.69 Å². The Morgan fingerprint density at radius 2 is 1.63 bits per heavy atom. The van der Waals surface area contributed by atoms with E-state index in [4.69, 9.17) is 4.74 Å². The molecule has 1 aliphatic carbocycles. The third-order valence-electron chi connectivity index (χ3n) is 7.26. The number of rotatable bonds is 3. The molecule has 2 aromatic rings. The minimum atomic E-state index is -0.469. The SMILES string of the molecule is CC1(C)CC(c2cc(-c3ccccn3)ccc2N2CCN(C(=O)OC(C)(C)C)CC2)CC(C)(C)C1. The molecule has 0 spiro atoms. The first-order valence-electron chi connectivity index (χ1n) is 13.1. The lowest BCUT2D eigenvalue weighted by molar-refractivity contribution is 0.0240. The highest BCUT2D eigenvalue weighted by molar-refractivity contribution is 5.70. The summed E-state index contributed by atoms with van der Waals surface area (Å²) in [6.07, 6.45) is 5.28. The van der Waals surface area contributed by atoms with E-state index in [1.165, 1.54) is 36.1 Å². The van der Waals surface area contributed by atoms with E-state index in [2.05, 4.69) is 67.9 Å². The molecule has 35 heavy (non-hydrogen) atoms. The van der Waals surface area contributed by atoms with Crippen LogP contribution >= 0.6 is 0 Å². The van der Waals surface area contributed by atoms with Gasteiger partial charge in [0.25, 0.3) is 0 Å². The van der Waals surface area contributed by atoms with Crippen LogP contribution in [0.3, 0.4) is 0 Å². The number of pyridine rings is 1. The maximum absolute atomic E-state index is 12.6. The van der Waals surface area contributed by atoms with Crippen LogP contribution in [0.15, 0.2) is 42.6 Å². The van der Waals surface area contributed by atoms with Gasteiger partial charge >= 0.3 is 6.09 Å². The van der Waals surface area contributed by atoms with Crippen LogP contribution in [0.4, 0.5) is 10.5 Å². The van der Waals surface area contributed by atoms with Gasteiger partial charge in [-0.15, -0.1) is 0 Å². The van der Waals surface area contributed by atoms with E-state index in [1.807, 2.05) is 37.9 Å². The topological polar surface area (TPSA) is 45.7 Å². The Morgan fingerprint density at radius 1 is 0.971 bits per heavy atom. The largest absolute Gasteiger partial charge is 0.444 e. The highest BCUT2D eigenvalue weighted by atomic mass is 16.6. The summed E-state index contributed by atoms with van der Waals surface area (Å²) in [5.74, 6) is 0.497. The van der Waals surface area contributed by atoms with Crippen LogP contribution < -0.4 is 4.90 Å². The number of ether oxygens (including phenoxy) is 1. The summed E-state index contributed by atoms with van der Waals surface area (Å²) in [6.45, 7) is 18.4. The number of benzene rings is 1. The molecule has 1 saturated heterocycles. The van der Waals surface area contributed by atoms with Crippen molar-refractivity contribution in [2.45, 2.75) is 79.2 Å². The zero-order chi connectivity index (χ0) is 25.4. The van der Waals surface area contributed by atoms with E-state index in [-0.39, 0.29) is 6.09 Å². The maximum Gasteiger partial charge on any atom is 0.410 e. The van der Waals surface area contributed by atoms with Crippen LogP contribution in [0.5, 0.6) is 0 Å². The quantitative estimate of drug-likeness (QED) is 0.472. The standard InChI is InChI=1S/C30H43N3O2/c1-28(2,3)35-27(34)33-16-14-32(15-17-33)26-12-11-22(25-10-8-9-13-31-25)18-24(26)23-19-29(4,5)21-30(6,7)20-23/h8-13,18,23H,14-17,19-21H2,1-7H3. The molecule has 5 heteroatoms. The molecule has 1 saturated carbocycles. The Kier molecular flexibility index (Phi) is 6.91. The minimum Gasteiger partial charge on any atom is -0.444 e. The third kappa shape index (κ3) is 6.36. The fourth-order valence-corrected chi connectivity index (χ4v) is 6.38. The van der Waals surface area contributed by atoms with Crippen LogP contribution in [0.1, 0.15) is 79.2 Å². The highest BCUT2D eigenvalue weighted by Crippen LogP contribution is 2.53. The number of aromatic nitrogens is 1. The summed E-state index contributed by atoms with van der Waals surface area (Å²) < 4.78 is 5.61. The first-order chi connectivity index (χ1) is 16.3. The molecule has 0 unspecified atom stereocenters. The summed E-state index contributed by atoms with van der Waals surface area (Å²) in [4.78, 5) is 21.5. The molecule has 1 aromatic heterocycles. The zero-order valence-electron chi connectivity index (χ0n) is 22.7. The molecule has 190 valence electrons. The number of hydrogen-bond donors (Lipinski definition) is 0. The molecule has 0 radical (unpaired) electrons. The Bertz CT molecular complexity index is 1020. The van der Waals surface area contributed by atoms with Gasteiger partial charge in [0.1, 0.15) is 5.60 Å². The number of nitrogens with zero attached hydrogens (tertiary/aromatic N) is 3. The molecule has 0 N–H and O–H groups in total. The van der Waals surface area contributed by atoms with Gasteiger partial charge in [0, 0.05) is 43.6 Å². The van der Waals surface area contributed by atoms with Crippen LogP contribution in [-0.4, -0.2) is 47.8 Å². The van der Waals surface area contributed by atoms with Crippen LogP contribution in [0.25, 0.3) is 11.3 Å². The second-order valence-electron chi connectivity index (χ2n) is 13.1. The first kappa shape index (κ1) is 25.5. The fraction of sp³-hybridized carbons (Fsp3) is 0.600. The number of carbonyl (C=O) groups is 1. The Hall–Kier alpha value is -2.56. The summed E-state index contributed by atoms with van der Waals surface area (Å²) in [6, 6.07) is 13.0. The minimum absolute atomic E-state index is 0.210. The third-order valence-corrected chi connectivity index (χ3v) is 7.26. The number of carbonyl (C=O) groups excluding carboxylic acids is 1. The molecule has 2 aliphatic rings. The van der Waals surface area contributed by atoms with Gasteiger partial charge in [0.15, 0.2) is 0 Å². The van der Waals surface area contributed by atoms with Gasteiger partial charge in [-0.2, -0.15) is 0 Å². The van der Waals surface area contributed by atoms with E-state index in [9.17, 15) is 4.79 Å². The Labute approximate surface area is 211 Å². The number of hydrogen-bond acceptors (Lipinski definition) is 4. The van der Waals surface area contributed by atoms with Crippen LogP contribution in [0, 0.1) is 10.8 Å². The van der Waals surface area contributed by atoms with Crippen molar-refractivity contribution in [1.29, 1.82) is 0 Å². The Balaban J connectivity index is 1.63. The van der Waals surface area contributed by atoms with Crippen molar-refractivity contribution >= 4 is 11.8 Å². The summed E-state index contributed by atoms with van der Waals surface area (Å²) >= 11 is 0. The second kappa shape index (κ2) is 9.48. The smallest absolute Gasteiger partial charge is 0.410 e. The second-order valence-corrected chi connectivity index (χ2v) is 13.1. The normalized spacial score (nSPS) is 20.5. The molecule has 5 nitrogen and oxygen atoms in total. The van der Waals surface area contributed by atoms with Gasteiger partial charge in [-0.25, -0.2) is 4.79 Å². The molecule has 0 atom stereocenters. The van der Waals surface area contributed by atoms with Crippen molar-refractivity contribution < 1.29 is 9.53 Å². The van der Waals surface area contributed by atoms with Crippen molar-refractivity contribution in [2.24, 2.45) is 10.8 Å². The van der Waals surface area contributed by atoms with E-state index in [1.54, 1.807) is 0 Å². The molecule has 1 aromatic carbocycles. The van der Waals surface area contributed by atoms with Gasteiger partial charge in [0.2, 0.25) is 0 Å². The van der Waals surface area contributed by atoms with Gasteiger partial charge in [-0.05, 0) is 86.6 Å². The molecule has 0 bridgehead atoms. The van der Waals surface area contributed by atoms with E-state index in [0.29, 0.717) is 29.8 Å². The van der Waals surface area contributed by atoms with Gasteiger partial charge in [-0.3, -0.25) is 4.98 Å². The zero-order valence-corrected chi connectivity index (χ0v) is 22.7. The first-order valence-corrected chi connectivity index (χ1v) is 13.1. The van der Waals surface area contributed by atoms with Crippen molar-refractivity contribution in [2.75, 3.05) is 31.1 Å². The predicted molar refractivity (Wildman–Crippen MR) is 144 cm³/mol. The highest BCUT2D eigenvalue weighted by Gasteiger charge is 2.40. The van der Waals surface area contributed by atoms with Crippen molar-refractivity contribution in [1.82, 2.24) is 9.88 Å². The van der Waals surface area contributed by atoms with Crippen LogP contribution in [-0.2, 0) is 4.74 Å². The lowest BCUT2D eigenvalue weighted by Crippen LogP contribution is -2.50. The molecular formula is C30H43N3O2. The van der Waals surface area contributed by atoms with Gasteiger partial charge in [-0.1, -0.05) is 39.8 Å². The Morgan fingerprint density at radius 3 is 2.20 bits per heavy atom. The maximum atomic E-state index is 12.6. The van der Waals surface area contributed by atoms with Crippen molar-refractivity contribution in [3.8, 4) is 11.3 Å². The number of anilines is 1. The van der Waals surface area contributed by atoms with E-state index < -0.39 is 5.60 Å². The predicted octanol–water partition coefficient (Wildman–Crippen LogP) is 7.13. The van der Waals surface area contributed by atoms with Crippen LogP contribution in [0.2, 0.25) is 0 Å². The van der Waals surface area contributed by atoms with Crippen molar-refractivity contribution in [3.63, 3.8) is 0 Å². The summed E-state index contributed by atoms with van der Waals surface area (Å²) in [7, 11) is 0. The molecule has 2 heterocycles.